The first-order valence-electron chi connectivity index (χ1n) is 8.12. The Hall–Kier alpha value is -1.06. The molecule has 0 radical (unpaired) electrons. The van der Waals surface area contributed by atoms with Crippen molar-refractivity contribution in [2.75, 3.05) is 13.1 Å². The van der Waals surface area contributed by atoms with Crippen LogP contribution in [-0.4, -0.2) is 34.7 Å². The lowest BCUT2D eigenvalue weighted by Gasteiger charge is -2.49. The van der Waals surface area contributed by atoms with Crippen LogP contribution in [0, 0.1) is 13.8 Å². The van der Waals surface area contributed by atoms with E-state index in [9.17, 15) is 5.11 Å². The molecule has 2 unspecified atom stereocenters. The average Bonchev–Trinajstić information content (AvgIpc) is 2.37. The maximum atomic E-state index is 11.1. The highest BCUT2D eigenvalue weighted by molar-refractivity contribution is 5.47. The van der Waals surface area contributed by atoms with Gasteiger partial charge in [0.05, 0.1) is 6.04 Å². The second kappa shape index (κ2) is 5.29. The molecule has 2 heterocycles. The van der Waals surface area contributed by atoms with Gasteiger partial charge in [-0.15, -0.1) is 0 Å². The van der Waals surface area contributed by atoms with Crippen LogP contribution in [0.3, 0.4) is 0 Å². The number of aliphatic hydroxyl groups excluding tert-OH is 1. The van der Waals surface area contributed by atoms with E-state index in [0.29, 0.717) is 0 Å². The average molecular weight is 289 g/mol. The fourth-order valence-corrected chi connectivity index (χ4v) is 4.12. The molecule has 0 spiro atoms. The minimum absolute atomic E-state index is 0.0340. The summed E-state index contributed by atoms with van der Waals surface area (Å²) in [5.41, 5.74) is 2.93. The van der Waals surface area contributed by atoms with E-state index in [2.05, 4.69) is 44.7 Å². The number of aliphatic hydroxyl groups is 1. The SMILES string of the molecule is Cc1cc(C)c2c(c1)OC(C)(C)C(N1CCCCC1)C2O. The van der Waals surface area contributed by atoms with Crippen molar-refractivity contribution in [2.24, 2.45) is 0 Å². The van der Waals surface area contributed by atoms with Gasteiger partial charge >= 0.3 is 0 Å². The summed E-state index contributed by atoms with van der Waals surface area (Å²) in [5, 5.41) is 11.1. The van der Waals surface area contributed by atoms with E-state index in [1.165, 1.54) is 24.8 Å². The van der Waals surface area contributed by atoms with Gasteiger partial charge in [-0.2, -0.15) is 0 Å². The molecular formula is C18H27NO2. The van der Waals surface area contributed by atoms with Crippen molar-refractivity contribution in [1.29, 1.82) is 0 Å². The van der Waals surface area contributed by atoms with Crippen LogP contribution in [-0.2, 0) is 0 Å². The summed E-state index contributed by atoms with van der Waals surface area (Å²) in [6, 6.07) is 4.23. The molecule has 0 aromatic heterocycles. The highest BCUT2D eigenvalue weighted by Crippen LogP contribution is 2.44. The first kappa shape index (κ1) is 14.9. The molecule has 0 saturated carbocycles. The second-order valence-electron chi connectivity index (χ2n) is 7.19. The van der Waals surface area contributed by atoms with Gasteiger partial charge in [-0.25, -0.2) is 0 Å². The van der Waals surface area contributed by atoms with Crippen molar-refractivity contribution in [3.8, 4) is 5.75 Å². The monoisotopic (exact) mass is 289 g/mol. The molecule has 1 aromatic rings. The predicted octanol–water partition coefficient (Wildman–Crippen LogP) is 3.36. The molecule has 3 rings (SSSR count). The number of hydrogen-bond acceptors (Lipinski definition) is 3. The number of piperidine rings is 1. The highest BCUT2D eigenvalue weighted by Gasteiger charge is 2.47. The molecule has 0 amide bonds. The summed E-state index contributed by atoms with van der Waals surface area (Å²) in [6.07, 6.45) is 3.27. The topological polar surface area (TPSA) is 32.7 Å². The zero-order chi connectivity index (χ0) is 15.2. The smallest absolute Gasteiger partial charge is 0.126 e. The Kier molecular flexibility index (Phi) is 3.74. The molecule has 2 atom stereocenters. The summed E-state index contributed by atoms with van der Waals surface area (Å²) >= 11 is 0. The van der Waals surface area contributed by atoms with E-state index in [4.69, 9.17) is 4.74 Å². The molecule has 0 aliphatic carbocycles. The Bertz CT molecular complexity index is 532. The molecule has 1 fully saturated rings. The van der Waals surface area contributed by atoms with Crippen molar-refractivity contribution >= 4 is 0 Å². The molecular weight excluding hydrogens is 262 g/mol. The van der Waals surface area contributed by atoms with Crippen LogP contribution in [0.25, 0.3) is 0 Å². The molecule has 116 valence electrons. The third kappa shape index (κ3) is 2.58. The molecule has 0 bridgehead atoms. The molecule has 1 N–H and O–H groups in total. The van der Waals surface area contributed by atoms with Gasteiger partial charge in [0, 0.05) is 5.56 Å². The Labute approximate surface area is 127 Å². The fourth-order valence-electron chi connectivity index (χ4n) is 4.12. The van der Waals surface area contributed by atoms with Crippen molar-refractivity contribution in [1.82, 2.24) is 4.90 Å². The minimum atomic E-state index is -0.470. The van der Waals surface area contributed by atoms with Crippen LogP contribution in [0.5, 0.6) is 5.75 Å². The zero-order valence-corrected chi connectivity index (χ0v) is 13.6. The zero-order valence-electron chi connectivity index (χ0n) is 13.6. The molecule has 3 nitrogen and oxygen atoms in total. The molecule has 3 heteroatoms. The summed E-state index contributed by atoms with van der Waals surface area (Å²) in [4.78, 5) is 2.43. The lowest BCUT2D eigenvalue weighted by molar-refractivity contribution is -0.0876. The molecule has 1 saturated heterocycles. The van der Waals surface area contributed by atoms with Gasteiger partial charge in [0.15, 0.2) is 0 Å². The van der Waals surface area contributed by atoms with E-state index in [1.807, 2.05) is 0 Å². The fraction of sp³-hybridized carbons (Fsp3) is 0.667. The summed E-state index contributed by atoms with van der Waals surface area (Å²) in [6.45, 7) is 10.5. The largest absolute Gasteiger partial charge is 0.486 e. The van der Waals surface area contributed by atoms with E-state index in [-0.39, 0.29) is 11.6 Å². The Morgan fingerprint density at radius 2 is 1.81 bits per heavy atom. The van der Waals surface area contributed by atoms with Crippen molar-refractivity contribution < 1.29 is 9.84 Å². The lowest BCUT2D eigenvalue weighted by Crippen LogP contribution is -2.59. The maximum absolute atomic E-state index is 11.1. The van der Waals surface area contributed by atoms with Gasteiger partial charge in [0.1, 0.15) is 17.5 Å². The Morgan fingerprint density at radius 1 is 1.14 bits per heavy atom. The Balaban J connectivity index is 2.02. The summed E-state index contributed by atoms with van der Waals surface area (Å²) in [7, 11) is 0. The number of hydrogen-bond donors (Lipinski definition) is 1. The van der Waals surface area contributed by atoms with Gasteiger partial charge in [-0.3, -0.25) is 4.90 Å². The highest BCUT2D eigenvalue weighted by atomic mass is 16.5. The maximum Gasteiger partial charge on any atom is 0.126 e. The molecule has 21 heavy (non-hydrogen) atoms. The van der Waals surface area contributed by atoms with Crippen molar-refractivity contribution in [2.45, 2.75) is 64.7 Å². The van der Waals surface area contributed by atoms with E-state index in [0.717, 1.165) is 30.0 Å². The van der Waals surface area contributed by atoms with Gasteiger partial charge in [-0.1, -0.05) is 12.5 Å². The number of likely N-dealkylation sites (tertiary alicyclic amines) is 1. The second-order valence-corrected chi connectivity index (χ2v) is 7.19. The first-order valence-corrected chi connectivity index (χ1v) is 8.12. The lowest BCUT2D eigenvalue weighted by atomic mass is 9.82. The number of fused-ring (bicyclic) bond motifs is 1. The van der Waals surface area contributed by atoms with Crippen LogP contribution >= 0.6 is 0 Å². The number of nitrogens with zero attached hydrogens (tertiary/aromatic N) is 1. The van der Waals surface area contributed by atoms with Crippen LogP contribution in [0.15, 0.2) is 12.1 Å². The number of rotatable bonds is 1. The van der Waals surface area contributed by atoms with Gasteiger partial charge < -0.3 is 9.84 Å². The molecule has 2 aliphatic rings. The van der Waals surface area contributed by atoms with Crippen molar-refractivity contribution in [3.05, 3.63) is 28.8 Å². The molecule has 1 aromatic carbocycles. The quantitative estimate of drug-likeness (QED) is 0.860. The number of ether oxygens (including phenoxy) is 1. The number of aryl methyl sites for hydroxylation is 2. The van der Waals surface area contributed by atoms with Crippen LogP contribution in [0.4, 0.5) is 0 Å². The predicted molar refractivity (Wildman–Crippen MR) is 84.8 cm³/mol. The third-order valence-electron chi connectivity index (χ3n) is 4.96. The van der Waals surface area contributed by atoms with E-state index < -0.39 is 6.10 Å². The van der Waals surface area contributed by atoms with Crippen LogP contribution < -0.4 is 4.74 Å². The molecule has 2 aliphatic heterocycles. The van der Waals surface area contributed by atoms with E-state index >= 15 is 0 Å². The minimum Gasteiger partial charge on any atom is -0.486 e. The van der Waals surface area contributed by atoms with Crippen LogP contribution in [0.1, 0.15) is 55.9 Å². The summed E-state index contributed by atoms with van der Waals surface area (Å²) in [5.74, 6) is 0.859. The van der Waals surface area contributed by atoms with Crippen molar-refractivity contribution in [3.63, 3.8) is 0 Å². The first-order chi connectivity index (χ1) is 9.90. The van der Waals surface area contributed by atoms with Gasteiger partial charge in [0.25, 0.3) is 0 Å². The van der Waals surface area contributed by atoms with Gasteiger partial charge in [0.2, 0.25) is 0 Å². The standard InChI is InChI=1S/C18H27NO2/c1-12-10-13(2)15-14(11-12)21-18(3,4)17(16(15)20)19-8-6-5-7-9-19/h10-11,16-17,20H,5-9H2,1-4H3. The normalized spacial score (nSPS) is 28.8. The number of benzene rings is 1. The van der Waals surface area contributed by atoms with Gasteiger partial charge in [-0.05, 0) is 70.8 Å². The van der Waals surface area contributed by atoms with E-state index in [1.54, 1.807) is 0 Å². The Morgan fingerprint density at radius 3 is 2.48 bits per heavy atom. The van der Waals surface area contributed by atoms with Crippen LogP contribution in [0.2, 0.25) is 0 Å². The summed E-state index contributed by atoms with van der Waals surface area (Å²) < 4.78 is 6.32. The third-order valence-corrected chi connectivity index (χ3v) is 4.96.